The van der Waals surface area contributed by atoms with Crippen LogP contribution in [0.1, 0.15) is 48.1 Å². The van der Waals surface area contributed by atoms with Crippen molar-refractivity contribution < 1.29 is 24.2 Å². The predicted octanol–water partition coefficient (Wildman–Crippen LogP) is 1.97. The first-order valence-corrected chi connectivity index (χ1v) is 5.79. The molecule has 2 rings (SSSR count). The summed E-state index contributed by atoms with van der Waals surface area (Å²) in [6.07, 6.45) is 2.80. The third kappa shape index (κ3) is 3.08. The highest BCUT2D eigenvalue weighted by atomic mass is 16.5. The number of aromatic carboxylic acids is 1. The molecular formula is C12H16O5. The van der Waals surface area contributed by atoms with Crippen LogP contribution in [0.2, 0.25) is 0 Å². The summed E-state index contributed by atoms with van der Waals surface area (Å²) < 4.78 is 10.5. The van der Waals surface area contributed by atoms with E-state index in [1.165, 1.54) is 12.1 Å². The molecule has 0 saturated carbocycles. The molecule has 1 aromatic rings. The van der Waals surface area contributed by atoms with E-state index in [-0.39, 0.29) is 17.6 Å². The van der Waals surface area contributed by atoms with Gasteiger partial charge in [-0.2, -0.15) is 0 Å². The smallest absolute Gasteiger partial charge is 0.371 e. The third-order valence-electron chi connectivity index (χ3n) is 2.93. The number of aliphatic hydroxyl groups is 1. The van der Waals surface area contributed by atoms with Gasteiger partial charge < -0.3 is 19.4 Å². The molecule has 1 aromatic heterocycles. The van der Waals surface area contributed by atoms with Gasteiger partial charge in [0.2, 0.25) is 5.76 Å². The maximum absolute atomic E-state index is 10.6. The summed E-state index contributed by atoms with van der Waals surface area (Å²) in [6, 6.07) is 2.85. The monoisotopic (exact) mass is 240 g/mol. The average Bonchev–Trinajstić information content (AvgIpc) is 2.79. The van der Waals surface area contributed by atoms with Gasteiger partial charge >= 0.3 is 5.97 Å². The Morgan fingerprint density at radius 2 is 2.29 bits per heavy atom. The maximum Gasteiger partial charge on any atom is 0.371 e. The van der Waals surface area contributed by atoms with E-state index >= 15 is 0 Å². The molecule has 0 aliphatic carbocycles. The maximum atomic E-state index is 10.6. The minimum atomic E-state index is -1.13. The molecule has 0 amide bonds. The molecule has 0 radical (unpaired) electrons. The molecule has 5 nitrogen and oxygen atoms in total. The van der Waals surface area contributed by atoms with Crippen LogP contribution in [-0.4, -0.2) is 28.9 Å². The predicted molar refractivity (Wildman–Crippen MR) is 58.8 cm³/mol. The van der Waals surface area contributed by atoms with Crippen LogP contribution in [0, 0.1) is 0 Å². The fourth-order valence-electron chi connectivity index (χ4n) is 2.01. The van der Waals surface area contributed by atoms with Gasteiger partial charge in [0.05, 0.1) is 6.10 Å². The number of carboxylic acids is 1. The van der Waals surface area contributed by atoms with E-state index in [1.807, 2.05) is 0 Å². The number of furan rings is 1. The van der Waals surface area contributed by atoms with E-state index in [9.17, 15) is 9.90 Å². The van der Waals surface area contributed by atoms with Crippen LogP contribution < -0.4 is 0 Å². The highest BCUT2D eigenvalue weighted by Gasteiger charge is 2.22. The van der Waals surface area contributed by atoms with E-state index in [1.54, 1.807) is 0 Å². The number of hydrogen-bond donors (Lipinski definition) is 2. The fraction of sp³-hybridized carbons (Fsp3) is 0.583. The van der Waals surface area contributed by atoms with Crippen LogP contribution in [0.5, 0.6) is 0 Å². The van der Waals surface area contributed by atoms with Crippen molar-refractivity contribution in [3.63, 3.8) is 0 Å². The molecule has 2 atom stereocenters. The molecule has 1 fully saturated rings. The topological polar surface area (TPSA) is 79.9 Å². The van der Waals surface area contributed by atoms with Crippen molar-refractivity contribution in [2.75, 3.05) is 6.61 Å². The van der Waals surface area contributed by atoms with Gasteiger partial charge in [0.25, 0.3) is 0 Å². The Morgan fingerprint density at radius 3 is 2.88 bits per heavy atom. The summed E-state index contributed by atoms with van der Waals surface area (Å²) in [7, 11) is 0. The first-order chi connectivity index (χ1) is 8.16. The van der Waals surface area contributed by atoms with E-state index in [0.717, 1.165) is 25.9 Å². The molecule has 1 aliphatic heterocycles. The Bertz CT molecular complexity index is 378. The summed E-state index contributed by atoms with van der Waals surface area (Å²) in [5, 5.41) is 18.6. The van der Waals surface area contributed by atoms with Gasteiger partial charge in [-0.15, -0.1) is 0 Å². The lowest BCUT2D eigenvalue weighted by Crippen LogP contribution is -2.21. The summed E-state index contributed by atoms with van der Waals surface area (Å²) in [5.74, 6) is -0.988. The number of carboxylic acid groups (broad SMARTS) is 1. The van der Waals surface area contributed by atoms with Gasteiger partial charge in [-0.05, 0) is 31.4 Å². The average molecular weight is 240 g/mol. The zero-order valence-electron chi connectivity index (χ0n) is 9.46. The molecule has 1 saturated heterocycles. The number of rotatable bonds is 4. The van der Waals surface area contributed by atoms with Gasteiger partial charge in [-0.3, -0.25) is 0 Å². The largest absolute Gasteiger partial charge is 0.475 e. The van der Waals surface area contributed by atoms with Crippen molar-refractivity contribution in [3.8, 4) is 0 Å². The van der Waals surface area contributed by atoms with Crippen molar-refractivity contribution >= 4 is 5.97 Å². The Morgan fingerprint density at radius 1 is 1.47 bits per heavy atom. The third-order valence-corrected chi connectivity index (χ3v) is 2.93. The lowest BCUT2D eigenvalue weighted by molar-refractivity contribution is -0.0196. The first kappa shape index (κ1) is 12.1. The molecular weight excluding hydrogens is 224 g/mol. The van der Waals surface area contributed by atoms with Crippen LogP contribution in [0.3, 0.4) is 0 Å². The van der Waals surface area contributed by atoms with E-state index in [4.69, 9.17) is 14.3 Å². The molecule has 2 unspecified atom stereocenters. The standard InChI is InChI=1S/C12H16O5/c13-9(7-8-3-1-2-6-16-8)10-4-5-11(17-10)12(14)15/h4-5,8-9,13H,1-3,6-7H2,(H,14,15). The molecule has 5 heteroatoms. The molecule has 2 heterocycles. The zero-order valence-corrected chi connectivity index (χ0v) is 9.46. The van der Waals surface area contributed by atoms with Gasteiger partial charge in [0, 0.05) is 13.0 Å². The summed E-state index contributed by atoms with van der Waals surface area (Å²) in [4.78, 5) is 10.6. The number of carbonyl (C=O) groups is 1. The second-order valence-corrected chi connectivity index (χ2v) is 4.25. The minimum absolute atomic E-state index is 0.0390. The van der Waals surface area contributed by atoms with Crippen LogP contribution in [0.15, 0.2) is 16.5 Å². The zero-order chi connectivity index (χ0) is 12.3. The van der Waals surface area contributed by atoms with Crippen molar-refractivity contribution in [1.82, 2.24) is 0 Å². The second kappa shape index (κ2) is 5.33. The normalized spacial score (nSPS) is 22.3. The van der Waals surface area contributed by atoms with E-state index < -0.39 is 12.1 Å². The molecule has 1 aliphatic rings. The Hall–Kier alpha value is -1.33. The molecule has 2 N–H and O–H groups in total. The van der Waals surface area contributed by atoms with Gasteiger partial charge in [-0.25, -0.2) is 4.79 Å². The van der Waals surface area contributed by atoms with Crippen LogP contribution in [0.25, 0.3) is 0 Å². The summed E-state index contributed by atoms with van der Waals surface area (Å²) >= 11 is 0. The summed E-state index contributed by atoms with van der Waals surface area (Å²) in [5.41, 5.74) is 0. The molecule has 94 valence electrons. The minimum Gasteiger partial charge on any atom is -0.475 e. The van der Waals surface area contributed by atoms with Gasteiger partial charge in [0.1, 0.15) is 11.9 Å². The van der Waals surface area contributed by atoms with Crippen molar-refractivity contribution in [1.29, 1.82) is 0 Å². The fourth-order valence-corrected chi connectivity index (χ4v) is 2.01. The molecule has 0 bridgehead atoms. The van der Waals surface area contributed by atoms with Gasteiger partial charge in [0.15, 0.2) is 0 Å². The van der Waals surface area contributed by atoms with Crippen LogP contribution in [0.4, 0.5) is 0 Å². The molecule has 0 spiro atoms. The van der Waals surface area contributed by atoms with E-state index in [2.05, 4.69) is 0 Å². The van der Waals surface area contributed by atoms with Crippen LogP contribution >= 0.6 is 0 Å². The van der Waals surface area contributed by atoms with Crippen LogP contribution in [-0.2, 0) is 4.74 Å². The van der Waals surface area contributed by atoms with Crippen molar-refractivity contribution in [3.05, 3.63) is 23.7 Å². The lowest BCUT2D eigenvalue weighted by Gasteiger charge is -2.23. The second-order valence-electron chi connectivity index (χ2n) is 4.25. The van der Waals surface area contributed by atoms with E-state index in [0.29, 0.717) is 6.42 Å². The number of ether oxygens (including phenoxy) is 1. The number of hydrogen-bond acceptors (Lipinski definition) is 4. The Balaban J connectivity index is 1.93. The van der Waals surface area contributed by atoms with Crippen molar-refractivity contribution in [2.45, 2.75) is 37.9 Å². The highest BCUT2D eigenvalue weighted by molar-refractivity contribution is 5.84. The Labute approximate surface area is 99.0 Å². The molecule has 0 aromatic carbocycles. The molecule has 17 heavy (non-hydrogen) atoms. The lowest BCUT2D eigenvalue weighted by atomic mass is 10.0. The Kier molecular flexibility index (Phi) is 3.81. The van der Waals surface area contributed by atoms with Crippen molar-refractivity contribution in [2.24, 2.45) is 0 Å². The first-order valence-electron chi connectivity index (χ1n) is 5.79. The highest BCUT2D eigenvalue weighted by Crippen LogP contribution is 2.25. The quantitative estimate of drug-likeness (QED) is 0.841. The number of aliphatic hydroxyl groups excluding tert-OH is 1. The SMILES string of the molecule is O=C(O)c1ccc(C(O)CC2CCCCO2)o1. The van der Waals surface area contributed by atoms with Gasteiger partial charge in [-0.1, -0.05) is 0 Å². The summed E-state index contributed by atoms with van der Waals surface area (Å²) in [6.45, 7) is 0.732.